The number of carbonyl (C=O) groups excluding carboxylic acids is 1. The van der Waals surface area contributed by atoms with Crippen molar-refractivity contribution < 1.29 is 14.3 Å². The minimum atomic E-state index is -0.393. The number of esters is 1. The van der Waals surface area contributed by atoms with E-state index in [4.69, 9.17) is 9.47 Å². The molecule has 0 saturated heterocycles. The highest BCUT2D eigenvalue weighted by atomic mass is 16.5. The number of benzene rings is 4. The molecular weight excluding hydrogens is 470 g/mol. The molecule has 0 amide bonds. The summed E-state index contributed by atoms with van der Waals surface area (Å²) >= 11 is 0. The van der Waals surface area contributed by atoms with Crippen LogP contribution in [0.2, 0.25) is 0 Å². The smallest absolute Gasteiger partial charge is 0.342 e. The number of ether oxygens (including phenoxy) is 2. The fourth-order valence-electron chi connectivity index (χ4n) is 5.22. The predicted molar refractivity (Wildman–Crippen MR) is 152 cm³/mol. The molecule has 194 valence electrons. The highest BCUT2D eigenvalue weighted by Gasteiger charge is 2.26. The molecule has 4 nitrogen and oxygen atoms in total. The predicted octanol–water partition coefficient (Wildman–Crippen LogP) is 8.36. The topological polar surface area (TPSA) is 47.6 Å². The molecule has 1 fully saturated rings. The van der Waals surface area contributed by atoms with E-state index in [0.29, 0.717) is 23.8 Å². The molecule has 1 aliphatic rings. The Morgan fingerprint density at radius 1 is 0.737 bits per heavy atom. The van der Waals surface area contributed by atoms with Crippen molar-refractivity contribution in [3.8, 4) is 5.75 Å². The van der Waals surface area contributed by atoms with Gasteiger partial charge < -0.3 is 14.8 Å². The maximum atomic E-state index is 13.1. The Labute approximate surface area is 225 Å². The Hall–Kier alpha value is -4.05. The van der Waals surface area contributed by atoms with Crippen molar-refractivity contribution in [1.29, 1.82) is 0 Å². The minimum absolute atomic E-state index is 0.203. The van der Waals surface area contributed by atoms with Crippen LogP contribution in [-0.4, -0.2) is 5.97 Å². The van der Waals surface area contributed by atoms with Crippen LogP contribution < -0.4 is 10.1 Å². The second-order valence-corrected chi connectivity index (χ2v) is 9.98. The number of carbonyl (C=O) groups is 1. The number of nitrogens with one attached hydrogen (secondary N) is 1. The van der Waals surface area contributed by atoms with E-state index < -0.39 is 5.97 Å². The number of hydrogen-bond acceptors (Lipinski definition) is 4. The van der Waals surface area contributed by atoms with Gasteiger partial charge in [0.15, 0.2) is 0 Å². The molecule has 0 spiro atoms. The molecule has 0 aromatic heterocycles. The molecule has 1 aliphatic carbocycles. The highest BCUT2D eigenvalue weighted by molar-refractivity contribution is 5.93. The van der Waals surface area contributed by atoms with Gasteiger partial charge in [-0.25, -0.2) is 4.79 Å². The summed E-state index contributed by atoms with van der Waals surface area (Å²) in [7, 11) is 0. The zero-order valence-electron chi connectivity index (χ0n) is 21.7. The maximum Gasteiger partial charge on any atom is 0.342 e. The maximum absolute atomic E-state index is 13.1. The molecule has 1 unspecified atom stereocenters. The van der Waals surface area contributed by atoms with Crippen LogP contribution in [0.4, 0.5) is 5.69 Å². The van der Waals surface area contributed by atoms with Crippen LogP contribution in [0, 0.1) is 5.92 Å². The lowest BCUT2D eigenvalue weighted by atomic mass is 9.81. The normalized spacial score (nSPS) is 14.4. The van der Waals surface area contributed by atoms with Crippen molar-refractivity contribution in [2.24, 2.45) is 5.92 Å². The monoisotopic (exact) mass is 505 g/mol. The van der Waals surface area contributed by atoms with E-state index in [1.54, 1.807) is 0 Å². The summed E-state index contributed by atoms with van der Waals surface area (Å²) in [4.78, 5) is 13.1. The lowest BCUT2D eigenvalue weighted by Gasteiger charge is -2.32. The van der Waals surface area contributed by atoms with Gasteiger partial charge in [0.25, 0.3) is 0 Å². The van der Waals surface area contributed by atoms with Gasteiger partial charge in [0.1, 0.15) is 24.5 Å². The molecule has 4 aromatic rings. The first-order valence-electron chi connectivity index (χ1n) is 13.6. The standard InChI is InChI=1S/C34H35NO3/c36-34(38-25-27-15-7-2-8-16-27)31-22-21-30(23-32(31)37-24-26-13-5-1-6-14-26)35-33(28-17-9-3-10-18-28)29-19-11-4-12-20-29/h1-3,5-10,13-18,21-23,29,33,35H,4,11-12,19-20,24-25H2. The molecule has 0 radical (unpaired) electrons. The van der Waals surface area contributed by atoms with Crippen LogP contribution >= 0.6 is 0 Å². The molecular formula is C34H35NO3. The van der Waals surface area contributed by atoms with E-state index in [1.807, 2.05) is 78.9 Å². The molecule has 0 bridgehead atoms. The molecule has 4 aromatic carbocycles. The van der Waals surface area contributed by atoms with Crippen LogP contribution in [0.25, 0.3) is 0 Å². The Morgan fingerprint density at radius 3 is 2.00 bits per heavy atom. The Balaban J connectivity index is 1.39. The van der Waals surface area contributed by atoms with Gasteiger partial charge in [-0.1, -0.05) is 110 Å². The van der Waals surface area contributed by atoms with Gasteiger partial charge in [0.2, 0.25) is 0 Å². The summed E-state index contributed by atoms with van der Waals surface area (Å²) in [6, 6.07) is 36.3. The molecule has 38 heavy (non-hydrogen) atoms. The average molecular weight is 506 g/mol. The molecule has 0 heterocycles. The first-order chi connectivity index (χ1) is 18.8. The zero-order valence-corrected chi connectivity index (χ0v) is 21.7. The summed E-state index contributed by atoms with van der Waals surface area (Å²) < 4.78 is 11.9. The Morgan fingerprint density at radius 2 is 1.34 bits per heavy atom. The van der Waals surface area contributed by atoms with Gasteiger partial charge in [0.05, 0.1) is 6.04 Å². The van der Waals surface area contributed by atoms with Crippen molar-refractivity contribution in [2.45, 2.75) is 51.4 Å². The fourth-order valence-corrected chi connectivity index (χ4v) is 5.22. The molecule has 0 aliphatic heterocycles. The average Bonchev–Trinajstić information content (AvgIpc) is 2.99. The lowest BCUT2D eigenvalue weighted by Crippen LogP contribution is -2.23. The highest BCUT2D eigenvalue weighted by Crippen LogP contribution is 2.37. The number of hydrogen-bond donors (Lipinski definition) is 1. The van der Waals surface area contributed by atoms with Gasteiger partial charge in [-0.05, 0) is 47.6 Å². The van der Waals surface area contributed by atoms with Crippen molar-refractivity contribution in [1.82, 2.24) is 0 Å². The third-order valence-electron chi connectivity index (χ3n) is 7.25. The van der Waals surface area contributed by atoms with Crippen molar-refractivity contribution in [3.63, 3.8) is 0 Å². The van der Waals surface area contributed by atoms with Crippen LogP contribution in [-0.2, 0) is 18.0 Å². The second-order valence-electron chi connectivity index (χ2n) is 9.98. The lowest BCUT2D eigenvalue weighted by molar-refractivity contribution is 0.0467. The van der Waals surface area contributed by atoms with Crippen molar-refractivity contribution in [2.75, 3.05) is 5.32 Å². The van der Waals surface area contributed by atoms with E-state index in [2.05, 4.69) is 35.6 Å². The fraction of sp³-hybridized carbons (Fsp3) is 0.265. The Kier molecular flexibility index (Phi) is 8.73. The van der Waals surface area contributed by atoms with Gasteiger partial charge >= 0.3 is 5.97 Å². The largest absolute Gasteiger partial charge is 0.488 e. The molecule has 4 heteroatoms. The van der Waals surface area contributed by atoms with Crippen LogP contribution in [0.3, 0.4) is 0 Å². The van der Waals surface area contributed by atoms with Crippen molar-refractivity contribution >= 4 is 11.7 Å². The van der Waals surface area contributed by atoms with Crippen LogP contribution in [0.1, 0.15) is 65.2 Å². The molecule has 1 atom stereocenters. The zero-order chi connectivity index (χ0) is 26.0. The summed E-state index contributed by atoms with van der Waals surface area (Å²) in [6.45, 7) is 0.587. The molecule has 1 N–H and O–H groups in total. The summed E-state index contributed by atoms with van der Waals surface area (Å²) in [6.07, 6.45) is 6.29. The van der Waals surface area contributed by atoms with E-state index in [-0.39, 0.29) is 12.6 Å². The van der Waals surface area contributed by atoms with Gasteiger partial charge in [-0.15, -0.1) is 0 Å². The summed E-state index contributed by atoms with van der Waals surface area (Å²) in [5.41, 5.74) is 4.64. The first-order valence-corrected chi connectivity index (χ1v) is 13.6. The SMILES string of the molecule is O=C(OCc1ccccc1)c1ccc(NC(c2ccccc2)C2CCCCC2)cc1OCc1ccccc1. The first kappa shape index (κ1) is 25.6. The van der Waals surface area contributed by atoms with E-state index in [1.165, 1.54) is 37.7 Å². The van der Waals surface area contributed by atoms with Crippen molar-refractivity contribution in [3.05, 3.63) is 131 Å². The third-order valence-corrected chi connectivity index (χ3v) is 7.25. The van der Waals surface area contributed by atoms with Gasteiger partial charge in [-0.3, -0.25) is 0 Å². The van der Waals surface area contributed by atoms with Crippen LogP contribution in [0.15, 0.2) is 109 Å². The summed E-state index contributed by atoms with van der Waals surface area (Å²) in [5, 5.41) is 3.80. The van der Waals surface area contributed by atoms with Crippen LogP contribution in [0.5, 0.6) is 5.75 Å². The minimum Gasteiger partial charge on any atom is -0.488 e. The second kappa shape index (κ2) is 13.0. The quantitative estimate of drug-likeness (QED) is 0.220. The van der Waals surface area contributed by atoms with E-state index in [9.17, 15) is 4.79 Å². The molecule has 1 saturated carbocycles. The van der Waals surface area contributed by atoms with Gasteiger partial charge in [0, 0.05) is 11.8 Å². The Bertz CT molecular complexity index is 1290. The van der Waals surface area contributed by atoms with Gasteiger partial charge in [-0.2, -0.15) is 0 Å². The van der Waals surface area contributed by atoms with E-state index >= 15 is 0 Å². The number of anilines is 1. The van der Waals surface area contributed by atoms with E-state index in [0.717, 1.165) is 16.8 Å². The number of rotatable bonds is 10. The summed E-state index contributed by atoms with van der Waals surface area (Å²) in [5.74, 6) is 0.693. The molecule has 5 rings (SSSR count). The third kappa shape index (κ3) is 6.83.